The first-order chi connectivity index (χ1) is 16.7. The first kappa shape index (κ1) is 23.9. The number of nitrogens with zero attached hydrogens (tertiary/aromatic N) is 2. The first-order valence-corrected chi connectivity index (χ1v) is 11.4. The largest absolute Gasteiger partial charge is 0.329 e. The van der Waals surface area contributed by atoms with Gasteiger partial charge in [-0.05, 0) is 68.2 Å². The maximum Gasteiger partial charge on any atom is 0.329 e. The number of aryl methyl sites for hydroxylation is 3. The van der Waals surface area contributed by atoms with E-state index in [1.807, 2.05) is 26.0 Å². The Morgan fingerprint density at radius 3 is 2.54 bits per heavy atom. The average Bonchev–Trinajstić information content (AvgIpc) is 3.24. The van der Waals surface area contributed by atoms with Gasteiger partial charge in [0.25, 0.3) is 5.91 Å². The Morgan fingerprint density at radius 2 is 1.83 bits per heavy atom. The Balaban J connectivity index is 1.58. The van der Waals surface area contributed by atoms with Crippen molar-refractivity contribution in [2.75, 3.05) is 11.9 Å². The number of carbonyl (C=O) groups excluding carboxylic acids is 3. The van der Waals surface area contributed by atoms with Gasteiger partial charge in [-0.1, -0.05) is 37.3 Å². The predicted octanol–water partition coefficient (Wildman–Crippen LogP) is 4.64. The van der Waals surface area contributed by atoms with Crippen LogP contribution < -0.4 is 10.6 Å². The average molecular weight is 475 g/mol. The van der Waals surface area contributed by atoms with Crippen molar-refractivity contribution in [3.63, 3.8) is 0 Å². The summed E-state index contributed by atoms with van der Waals surface area (Å²) < 4.78 is 16.0. The highest BCUT2D eigenvalue weighted by atomic mass is 19.1. The minimum absolute atomic E-state index is 0.0181. The van der Waals surface area contributed by atoms with Gasteiger partial charge in [0, 0.05) is 11.4 Å². The van der Waals surface area contributed by atoms with Crippen molar-refractivity contribution in [1.29, 1.82) is 0 Å². The molecular weight excluding hydrogens is 447 g/mol. The van der Waals surface area contributed by atoms with E-state index in [0.717, 1.165) is 39.5 Å². The molecule has 2 heterocycles. The predicted molar refractivity (Wildman–Crippen MR) is 133 cm³/mol. The molecule has 35 heavy (non-hydrogen) atoms. The summed E-state index contributed by atoms with van der Waals surface area (Å²) in [5.41, 5.74) is 6.24. The number of urea groups is 1. The molecule has 4 rings (SSSR count). The zero-order chi connectivity index (χ0) is 25.3. The number of halogens is 1. The Labute approximate surface area is 203 Å². The number of aromatic nitrogens is 1. The minimum Gasteiger partial charge on any atom is -0.322 e. The molecule has 0 radical (unpaired) electrons. The highest BCUT2D eigenvalue weighted by molar-refractivity contribution is 6.16. The van der Waals surface area contributed by atoms with Crippen LogP contribution in [0, 0.1) is 26.6 Å². The number of hydrogen-bond donors (Lipinski definition) is 2. The van der Waals surface area contributed by atoms with Crippen LogP contribution in [0.4, 0.5) is 14.9 Å². The van der Waals surface area contributed by atoms with Gasteiger partial charge in [-0.25, -0.2) is 14.1 Å². The molecule has 0 bridgehead atoms. The zero-order valence-corrected chi connectivity index (χ0v) is 20.1. The third-order valence-corrected chi connectivity index (χ3v) is 6.11. The summed E-state index contributed by atoms with van der Waals surface area (Å²) in [6.07, 6.45) is 2.50. The zero-order valence-electron chi connectivity index (χ0n) is 20.1. The second kappa shape index (κ2) is 9.58. The van der Waals surface area contributed by atoms with Crippen LogP contribution in [0.2, 0.25) is 0 Å². The van der Waals surface area contributed by atoms with Crippen molar-refractivity contribution in [3.8, 4) is 5.69 Å². The van der Waals surface area contributed by atoms with E-state index in [4.69, 9.17) is 0 Å². The third-order valence-electron chi connectivity index (χ3n) is 6.11. The number of carbonyl (C=O) groups is 3. The van der Waals surface area contributed by atoms with E-state index >= 15 is 0 Å². The Bertz CT molecular complexity index is 1370. The molecule has 1 aromatic heterocycles. The normalized spacial score (nSPS) is 14.5. The summed E-state index contributed by atoms with van der Waals surface area (Å²) in [5.74, 6) is -1.90. The number of nitrogens with one attached hydrogen (secondary N) is 2. The smallest absolute Gasteiger partial charge is 0.322 e. The quantitative estimate of drug-likeness (QED) is 0.403. The van der Waals surface area contributed by atoms with E-state index < -0.39 is 30.2 Å². The molecular formula is C27H27FN4O3. The van der Waals surface area contributed by atoms with Crippen LogP contribution in [-0.4, -0.2) is 33.9 Å². The van der Waals surface area contributed by atoms with E-state index in [1.54, 1.807) is 12.1 Å². The van der Waals surface area contributed by atoms with Crippen molar-refractivity contribution in [2.45, 2.75) is 34.1 Å². The summed E-state index contributed by atoms with van der Waals surface area (Å²) in [4.78, 5) is 38.5. The van der Waals surface area contributed by atoms with Crippen LogP contribution in [0.3, 0.4) is 0 Å². The second-order valence-electron chi connectivity index (χ2n) is 8.51. The lowest BCUT2D eigenvalue weighted by Gasteiger charge is -2.17. The summed E-state index contributed by atoms with van der Waals surface area (Å²) in [7, 11) is 0. The lowest BCUT2D eigenvalue weighted by Crippen LogP contribution is -2.38. The number of benzene rings is 2. The third kappa shape index (κ3) is 4.59. The number of amides is 4. The molecule has 7 nitrogen and oxygen atoms in total. The van der Waals surface area contributed by atoms with Crippen molar-refractivity contribution >= 4 is 29.6 Å². The monoisotopic (exact) mass is 474 g/mol. The number of rotatable bonds is 6. The second-order valence-corrected chi connectivity index (χ2v) is 8.51. The molecule has 180 valence electrons. The fraction of sp³-hybridized carbons (Fsp3) is 0.222. The number of imide groups is 1. The van der Waals surface area contributed by atoms with Crippen molar-refractivity contribution in [3.05, 3.63) is 88.1 Å². The van der Waals surface area contributed by atoms with Gasteiger partial charge in [-0.15, -0.1) is 0 Å². The van der Waals surface area contributed by atoms with Gasteiger partial charge in [0.2, 0.25) is 5.91 Å². The fourth-order valence-corrected chi connectivity index (χ4v) is 4.37. The number of para-hydroxylation sites is 2. The highest BCUT2D eigenvalue weighted by Crippen LogP contribution is 2.28. The van der Waals surface area contributed by atoms with Crippen molar-refractivity contribution < 1.29 is 18.8 Å². The van der Waals surface area contributed by atoms with E-state index in [1.165, 1.54) is 23.8 Å². The molecule has 1 aliphatic heterocycles. The SMILES string of the molecule is CCc1cccc(C)c1-n1c(C)cc(/C=C2\NC(=O)N(CC(=O)Nc3ccccc3F)C2=O)c1C. The molecule has 0 saturated carbocycles. The van der Waals surface area contributed by atoms with E-state index in [-0.39, 0.29) is 11.4 Å². The number of anilines is 1. The first-order valence-electron chi connectivity index (χ1n) is 11.4. The molecule has 4 amide bonds. The van der Waals surface area contributed by atoms with E-state index in [9.17, 15) is 18.8 Å². The van der Waals surface area contributed by atoms with Crippen LogP contribution in [0.5, 0.6) is 0 Å². The van der Waals surface area contributed by atoms with Crippen LogP contribution >= 0.6 is 0 Å². The van der Waals surface area contributed by atoms with Gasteiger partial charge >= 0.3 is 6.03 Å². The molecule has 1 fully saturated rings. The summed E-state index contributed by atoms with van der Waals surface area (Å²) in [6.45, 7) is 7.61. The lowest BCUT2D eigenvalue weighted by molar-refractivity contribution is -0.127. The molecule has 0 aliphatic carbocycles. The highest BCUT2D eigenvalue weighted by Gasteiger charge is 2.35. The Hall–Kier alpha value is -4.20. The molecule has 1 aliphatic rings. The van der Waals surface area contributed by atoms with E-state index in [0.29, 0.717) is 0 Å². The van der Waals surface area contributed by atoms with Gasteiger partial charge in [0.1, 0.15) is 18.1 Å². The Morgan fingerprint density at radius 1 is 1.09 bits per heavy atom. The van der Waals surface area contributed by atoms with Gasteiger partial charge in [-0.3, -0.25) is 9.59 Å². The number of hydrogen-bond acceptors (Lipinski definition) is 3. The van der Waals surface area contributed by atoms with Gasteiger partial charge in [0.05, 0.1) is 11.4 Å². The summed E-state index contributed by atoms with van der Waals surface area (Å²) in [6, 6.07) is 13.1. The van der Waals surface area contributed by atoms with Crippen LogP contribution in [0.25, 0.3) is 11.8 Å². The van der Waals surface area contributed by atoms with Crippen LogP contribution in [0.15, 0.2) is 54.2 Å². The van der Waals surface area contributed by atoms with Crippen LogP contribution in [0.1, 0.15) is 35.0 Å². The van der Waals surface area contributed by atoms with Gasteiger partial charge < -0.3 is 15.2 Å². The molecule has 3 aromatic rings. The molecule has 1 saturated heterocycles. The standard InChI is InChI=1S/C27H27FN4O3/c1-5-19-10-8-9-16(2)25(19)32-17(3)13-20(18(32)4)14-23-26(34)31(27(35)30-23)15-24(33)29-22-12-7-6-11-21(22)28/h6-14H,5,15H2,1-4H3,(H,29,33)(H,30,35)/b23-14-. The van der Waals surface area contributed by atoms with Crippen molar-refractivity contribution in [2.24, 2.45) is 0 Å². The lowest BCUT2D eigenvalue weighted by atomic mass is 10.1. The van der Waals surface area contributed by atoms with Crippen LogP contribution in [-0.2, 0) is 16.0 Å². The van der Waals surface area contributed by atoms with Gasteiger partial charge in [-0.2, -0.15) is 0 Å². The molecule has 0 atom stereocenters. The minimum atomic E-state index is -0.703. The fourth-order valence-electron chi connectivity index (χ4n) is 4.37. The summed E-state index contributed by atoms with van der Waals surface area (Å²) >= 11 is 0. The molecule has 0 unspecified atom stereocenters. The van der Waals surface area contributed by atoms with E-state index in [2.05, 4.69) is 41.2 Å². The molecule has 2 aromatic carbocycles. The van der Waals surface area contributed by atoms with Crippen molar-refractivity contribution in [1.82, 2.24) is 14.8 Å². The topological polar surface area (TPSA) is 83.4 Å². The Kier molecular flexibility index (Phi) is 6.55. The summed E-state index contributed by atoms with van der Waals surface area (Å²) in [5, 5.41) is 4.93. The molecule has 0 spiro atoms. The molecule has 8 heteroatoms. The van der Waals surface area contributed by atoms with Gasteiger partial charge in [0.15, 0.2) is 0 Å². The maximum absolute atomic E-state index is 13.8. The maximum atomic E-state index is 13.8. The molecule has 2 N–H and O–H groups in total.